The van der Waals surface area contributed by atoms with Crippen molar-refractivity contribution in [3.63, 3.8) is 0 Å². The van der Waals surface area contributed by atoms with Crippen LogP contribution in [0.2, 0.25) is 5.02 Å². The maximum atomic E-state index is 13.3. The van der Waals surface area contributed by atoms with E-state index in [-0.39, 0.29) is 5.82 Å². The average molecular weight is 372 g/mol. The molecule has 2 nitrogen and oxygen atoms in total. The molecule has 0 spiro atoms. The zero-order valence-electron chi connectivity index (χ0n) is 11.2. The molecule has 0 radical (unpaired) electrons. The monoisotopic (exact) mass is 370 g/mol. The lowest BCUT2D eigenvalue weighted by Gasteiger charge is -2.39. The van der Waals surface area contributed by atoms with Crippen LogP contribution in [0.25, 0.3) is 0 Å². The summed E-state index contributed by atoms with van der Waals surface area (Å²) in [5.74, 6) is 0.0957. The molecule has 0 aliphatic carbocycles. The van der Waals surface area contributed by atoms with Crippen LogP contribution in [0.5, 0.6) is 5.75 Å². The van der Waals surface area contributed by atoms with E-state index in [0.717, 1.165) is 10.0 Å². The summed E-state index contributed by atoms with van der Waals surface area (Å²) >= 11 is 9.67. The molecule has 1 N–H and O–H groups in total. The largest absolute Gasteiger partial charge is 0.482 e. The van der Waals surface area contributed by atoms with Crippen LogP contribution in [-0.2, 0) is 5.60 Å². The minimum Gasteiger partial charge on any atom is -0.482 e. The fraction of sp³-hybridized carbons (Fsp3) is 0.250. The van der Waals surface area contributed by atoms with Gasteiger partial charge >= 0.3 is 0 Å². The van der Waals surface area contributed by atoms with E-state index in [2.05, 4.69) is 15.9 Å². The number of ether oxygens (including phenoxy) is 1. The standard InChI is InChI=1S/C16H13BrClFO2/c1-16(12-4-2-9(17)6-13(12)18)8-14(20)11-7-10(19)3-5-15(11)21-16/h2-7,14,20H,8H2,1H3/t14-,16?/m0/s1. The van der Waals surface area contributed by atoms with Crippen molar-refractivity contribution < 1.29 is 14.2 Å². The Labute approximate surface area is 135 Å². The van der Waals surface area contributed by atoms with Gasteiger partial charge in [0.2, 0.25) is 0 Å². The van der Waals surface area contributed by atoms with Gasteiger partial charge in [0.25, 0.3) is 0 Å². The summed E-state index contributed by atoms with van der Waals surface area (Å²) < 4.78 is 20.2. The number of benzene rings is 2. The van der Waals surface area contributed by atoms with Crippen molar-refractivity contribution in [3.05, 3.63) is 62.8 Å². The van der Waals surface area contributed by atoms with Crippen LogP contribution in [0.15, 0.2) is 40.9 Å². The number of fused-ring (bicyclic) bond motifs is 1. The van der Waals surface area contributed by atoms with Crippen molar-refractivity contribution in [2.75, 3.05) is 0 Å². The molecule has 2 aromatic carbocycles. The van der Waals surface area contributed by atoms with E-state index in [4.69, 9.17) is 16.3 Å². The normalized spacial score (nSPS) is 24.3. The number of rotatable bonds is 1. The second kappa shape index (κ2) is 5.27. The predicted octanol–water partition coefficient (Wildman–Crippen LogP) is 4.97. The highest BCUT2D eigenvalue weighted by molar-refractivity contribution is 9.10. The van der Waals surface area contributed by atoms with E-state index in [1.165, 1.54) is 18.2 Å². The molecule has 5 heteroatoms. The molecule has 0 aromatic heterocycles. The number of halogens is 3. The zero-order valence-corrected chi connectivity index (χ0v) is 13.6. The lowest BCUT2D eigenvalue weighted by atomic mass is 9.85. The molecule has 3 rings (SSSR count). The smallest absolute Gasteiger partial charge is 0.135 e. The summed E-state index contributed by atoms with van der Waals surface area (Å²) in [6.45, 7) is 1.87. The Hall–Kier alpha value is -1.10. The highest BCUT2D eigenvalue weighted by Crippen LogP contribution is 2.46. The molecule has 21 heavy (non-hydrogen) atoms. The van der Waals surface area contributed by atoms with Crippen molar-refractivity contribution in [1.29, 1.82) is 0 Å². The predicted molar refractivity (Wildman–Crippen MR) is 83.1 cm³/mol. The summed E-state index contributed by atoms with van der Waals surface area (Å²) in [5.41, 5.74) is 0.504. The van der Waals surface area contributed by atoms with Gasteiger partial charge in [-0.1, -0.05) is 33.6 Å². The molecule has 2 aromatic rings. The van der Waals surface area contributed by atoms with Crippen LogP contribution in [0.3, 0.4) is 0 Å². The van der Waals surface area contributed by atoms with Gasteiger partial charge in [-0.3, -0.25) is 0 Å². The number of hydrogen-bond acceptors (Lipinski definition) is 2. The Morgan fingerprint density at radius 3 is 2.81 bits per heavy atom. The van der Waals surface area contributed by atoms with Crippen molar-refractivity contribution in [1.82, 2.24) is 0 Å². The highest BCUT2D eigenvalue weighted by Gasteiger charge is 2.39. The topological polar surface area (TPSA) is 29.5 Å². The molecule has 0 saturated heterocycles. The van der Waals surface area contributed by atoms with E-state index in [9.17, 15) is 9.50 Å². The molecule has 1 aliphatic rings. The second-order valence-electron chi connectivity index (χ2n) is 5.36. The molecule has 1 unspecified atom stereocenters. The Morgan fingerprint density at radius 2 is 2.10 bits per heavy atom. The van der Waals surface area contributed by atoms with E-state index in [1.807, 2.05) is 19.1 Å². The van der Waals surface area contributed by atoms with Gasteiger partial charge in [-0.2, -0.15) is 0 Å². The van der Waals surface area contributed by atoms with Gasteiger partial charge in [0.15, 0.2) is 0 Å². The van der Waals surface area contributed by atoms with Crippen LogP contribution < -0.4 is 4.74 Å². The van der Waals surface area contributed by atoms with Gasteiger partial charge in [-0.05, 0) is 37.3 Å². The summed E-state index contributed by atoms with van der Waals surface area (Å²) in [6.07, 6.45) is -0.487. The van der Waals surface area contributed by atoms with Crippen LogP contribution in [-0.4, -0.2) is 5.11 Å². The maximum Gasteiger partial charge on any atom is 0.135 e. The molecular formula is C16H13BrClFO2. The van der Waals surface area contributed by atoms with Crippen molar-refractivity contribution in [2.45, 2.75) is 25.0 Å². The molecular weight excluding hydrogens is 359 g/mol. The SMILES string of the molecule is CC1(c2ccc(Br)cc2Cl)C[C@H](O)c2cc(F)ccc2O1. The van der Waals surface area contributed by atoms with Gasteiger partial charge in [0.1, 0.15) is 17.2 Å². The Kier molecular flexibility index (Phi) is 3.72. The third-order valence-electron chi connectivity index (χ3n) is 3.75. The van der Waals surface area contributed by atoms with E-state index >= 15 is 0 Å². The maximum absolute atomic E-state index is 13.3. The molecule has 0 saturated carbocycles. The third-order valence-corrected chi connectivity index (χ3v) is 4.56. The quantitative estimate of drug-likeness (QED) is 0.766. The molecule has 110 valence electrons. The lowest BCUT2D eigenvalue weighted by molar-refractivity contribution is -0.00504. The number of aliphatic hydroxyl groups is 1. The van der Waals surface area contributed by atoms with E-state index in [1.54, 1.807) is 6.07 Å². The molecule has 2 atom stereocenters. The Bertz CT molecular complexity index is 707. The van der Waals surface area contributed by atoms with Crippen molar-refractivity contribution in [3.8, 4) is 5.75 Å². The van der Waals surface area contributed by atoms with Gasteiger partial charge in [0, 0.05) is 27.0 Å². The van der Waals surface area contributed by atoms with Gasteiger partial charge < -0.3 is 9.84 Å². The fourth-order valence-electron chi connectivity index (χ4n) is 2.72. The average Bonchev–Trinajstić information content (AvgIpc) is 2.39. The Balaban J connectivity index is 2.06. The van der Waals surface area contributed by atoms with Crippen molar-refractivity contribution >= 4 is 27.5 Å². The first-order chi connectivity index (χ1) is 9.89. The number of aliphatic hydroxyl groups excluding tert-OH is 1. The van der Waals surface area contributed by atoms with Gasteiger partial charge in [-0.15, -0.1) is 0 Å². The van der Waals surface area contributed by atoms with E-state index < -0.39 is 11.7 Å². The molecule has 0 fully saturated rings. The van der Waals surface area contributed by atoms with E-state index in [0.29, 0.717) is 22.8 Å². The summed E-state index contributed by atoms with van der Waals surface area (Å²) in [7, 11) is 0. The molecule has 0 amide bonds. The first kappa shape index (κ1) is 14.8. The van der Waals surface area contributed by atoms with Gasteiger partial charge in [-0.25, -0.2) is 4.39 Å². The molecule has 0 bridgehead atoms. The first-order valence-corrected chi connectivity index (χ1v) is 7.68. The lowest BCUT2D eigenvalue weighted by Crippen LogP contribution is -2.36. The third kappa shape index (κ3) is 2.68. The summed E-state index contributed by atoms with van der Waals surface area (Å²) in [4.78, 5) is 0. The van der Waals surface area contributed by atoms with Crippen molar-refractivity contribution in [2.24, 2.45) is 0 Å². The summed E-state index contributed by atoms with van der Waals surface area (Å²) in [5, 5.41) is 10.9. The molecule has 1 aliphatic heterocycles. The number of hydrogen-bond donors (Lipinski definition) is 1. The summed E-state index contributed by atoms with van der Waals surface area (Å²) in [6, 6.07) is 9.70. The minimum atomic E-state index is -0.797. The van der Waals surface area contributed by atoms with Crippen LogP contribution in [0, 0.1) is 5.82 Å². The fourth-order valence-corrected chi connectivity index (χ4v) is 3.59. The van der Waals surface area contributed by atoms with Gasteiger partial charge in [0.05, 0.1) is 6.10 Å². The first-order valence-electron chi connectivity index (χ1n) is 6.51. The minimum absolute atomic E-state index is 0.310. The van der Waals surface area contributed by atoms with Crippen LogP contribution >= 0.6 is 27.5 Å². The second-order valence-corrected chi connectivity index (χ2v) is 6.68. The Morgan fingerprint density at radius 1 is 1.33 bits per heavy atom. The molecule has 1 heterocycles. The van der Waals surface area contributed by atoms with Crippen LogP contribution in [0.1, 0.15) is 30.6 Å². The zero-order chi connectivity index (χ0) is 15.2. The highest BCUT2D eigenvalue weighted by atomic mass is 79.9. The van der Waals surface area contributed by atoms with Crippen LogP contribution in [0.4, 0.5) is 4.39 Å².